The molecule has 1 aromatic heterocycles. The Morgan fingerprint density at radius 3 is 2.96 bits per heavy atom. The average molecular weight is 341 g/mol. The molecule has 0 radical (unpaired) electrons. The zero-order valence-corrected chi connectivity index (χ0v) is 13.5. The van der Waals surface area contributed by atoms with E-state index < -0.39 is 22.7 Å². The minimum atomic E-state index is -1.05. The van der Waals surface area contributed by atoms with Crippen LogP contribution in [0, 0.1) is 21.6 Å². The van der Waals surface area contributed by atoms with Gasteiger partial charge in [-0.15, -0.1) is 4.99 Å². The van der Waals surface area contributed by atoms with Gasteiger partial charge in [0.2, 0.25) is 11.8 Å². The Bertz CT molecular complexity index is 944. The molecule has 2 atom stereocenters. The monoisotopic (exact) mass is 341 g/mol. The average Bonchev–Trinajstić information content (AvgIpc) is 2.56. The lowest BCUT2D eigenvalue weighted by Crippen LogP contribution is -2.52. The van der Waals surface area contributed by atoms with Crippen molar-refractivity contribution >= 4 is 5.69 Å². The third-order valence-corrected chi connectivity index (χ3v) is 4.11. The molecule has 25 heavy (non-hydrogen) atoms. The fourth-order valence-corrected chi connectivity index (χ4v) is 2.89. The number of nitro groups is 1. The number of aliphatic hydroxyl groups is 1. The van der Waals surface area contributed by atoms with Crippen LogP contribution in [0.1, 0.15) is 25.5 Å². The van der Waals surface area contributed by atoms with Crippen LogP contribution >= 0.6 is 0 Å². The molecule has 2 heterocycles. The van der Waals surface area contributed by atoms with E-state index in [1.54, 1.807) is 32.3 Å². The van der Waals surface area contributed by atoms with Gasteiger partial charge in [-0.1, -0.05) is 0 Å². The lowest BCUT2D eigenvalue weighted by Gasteiger charge is -2.42. The van der Waals surface area contributed by atoms with Gasteiger partial charge in [-0.25, -0.2) is 4.98 Å². The molecule has 0 spiro atoms. The van der Waals surface area contributed by atoms with Gasteiger partial charge < -0.3 is 14.4 Å². The molecule has 2 unspecified atom stereocenters. The van der Waals surface area contributed by atoms with Crippen molar-refractivity contribution in [3.8, 4) is 11.9 Å². The van der Waals surface area contributed by atoms with Crippen molar-refractivity contribution in [2.75, 3.05) is 0 Å². The lowest BCUT2D eigenvalue weighted by molar-refractivity contribution is -0.385. The van der Waals surface area contributed by atoms with Crippen LogP contribution in [0.4, 0.5) is 5.69 Å². The standard InChI is InChI=1S/C16H15N5O4/c1-16(2)14(22)13(20-7-3-6-18-15(20)19-9-17)11-8-10(21(23)24)4-5-12(11)25-16/h3-8,13-14,22H,1-2H3. The van der Waals surface area contributed by atoms with Gasteiger partial charge in [0.25, 0.3) is 5.69 Å². The molecule has 0 bridgehead atoms. The number of hydrogen-bond acceptors (Lipinski definition) is 7. The summed E-state index contributed by atoms with van der Waals surface area (Å²) in [5, 5.41) is 30.9. The zero-order chi connectivity index (χ0) is 18.2. The van der Waals surface area contributed by atoms with Crippen LogP contribution < -0.4 is 10.4 Å². The predicted molar refractivity (Wildman–Crippen MR) is 85.4 cm³/mol. The quantitative estimate of drug-likeness (QED) is 0.498. The van der Waals surface area contributed by atoms with E-state index in [-0.39, 0.29) is 11.3 Å². The molecular formula is C16H15N5O4. The van der Waals surface area contributed by atoms with Crippen LogP contribution in [0.15, 0.2) is 41.7 Å². The molecule has 0 saturated carbocycles. The van der Waals surface area contributed by atoms with Gasteiger partial charge in [-0.3, -0.25) is 10.1 Å². The SMILES string of the molecule is CC1(C)Oc2ccc([N+](=O)[O-])cc2C(n2cccnc2=NC#N)C1O. The van der Waals surface area contributed by atoms with E-state index >= 15 is 0 Å². The molecule has 1 aliphatic heterocycles. The van der Waals surface area contributed by atoms with Crippen molar-refractivity contribution in [1.82, 2.24) is 9.55 Å². The predicted octanol–water partition coefficient (Wildman–Crippen LogP) is 1.29. The van der Waals surface area contributed by atoms with E-state index in [9.17, 15) is 15.2 Å². The van der Waals surface area contributed by atoms with Crippen LogP contribution in [-0.4, -0.2) is 31.3 Å². The van der Waals surface area contributed by atoms with Gasteiger partial charge in [-0.2, -0.15) is 5.26 Å². The van der Waals surface area contributed by atoms with Gasteiger partial charge in [0, 0.05) is 30.1 Å². The largest absolute Gasteiger partial charge is 0.485 e. The molecule has 3 rings (SSSR count). The highest BCUT2D eigenvalue weighted by molar-refractivity contribution is 5.48. The first-order valence-electron chi connectivity index (χ1n) is 7.46. The van der Waals surface area contributed by atoms with E-state index in [0.717, 1.165) is 0 Å². The van der Waals surface area contributed by atoms with Crippen LogP contribution in [-0.2, 0) is 0 Å². The number of hydrogen-bond donors (Lipinski definition) is 1. The van der Waals surface area contributed by atoms with E-state index in [0.29, 0.717) is 11.3 Å². The van der Waals surface area contributed by atoms with Gasteiger partial charge >= 0.3 is 0 Å². The summed E-state index contributed by atoms with van der Waals surface area (Å²) < 4.78 is 7.33. The van der Waals surface area contributed by atoms with Crippen LogP contribution in [0.2, 0.25) is 0 Å². The topological polar surface area (TPSA) is 127 Å². The minimum absolute atomic E-state index is 0.0872. The normalized spacial score (nSPS) is 21.8. The van der Waals surface area contributed by atoms with Crippen molar-refractivity contribution in [3.63, 3.8) is 0 Å². The minimum Gasteiger partial charge on any atom is -0.485 e. The molecule has 1 aliphatic rings. The Kier molecular flexibility index (Phi) is 3.98. The summed E-state index contributed by atoms with van der Waals surface area (Å²) in [7, 11) is 0. The summed E-state index contributed by atoms with van der Waals surface area (Å²) in [6.45, 7) is 3.43. The maximum Gasteiger partial charge on any atom is 0.270 e. The first-order chi connectivity index (χ1) is 11.8. The Morgan fingerprint density at radius 2 is 2.28 bits per heavy atom. The van der Waals surface area contributed by atoms with Crippen molar-refractivity contribution in [2.45, 2.75) is 31.6 Å². The molecule has 1 N–H and O–H groups in total. The number of nitro benzene ring substituents is 1. The lowest BCUT2D eigenvalue weighted by atomic mass is 9.86. The number of non-ortho nitro benzene ring substituents is 1. The van der Waals surface area contributed by atoms with Crippen molar-refractivity contribution in [2.24, 2.45) is 4.99 Å². The smallest absolute Gasteiger partial charge is 0.270 e. The number of aliphatic hydroxyl groups excluding tert-OH is 1. The maximum atomic E-state index is 11.1. The molecule has 1 aromatic carbocycles. The fourth-order valence-electron chi connectivity index (χ4n) is 2.89. The molecule has 0 fully saturated rings. The van der Waals surface area contributed by atoms with Crippen LogP contribution in [0.3, 0.4) is 0 Å². The maximum absolute atomic E-state index is 11.1. The zero-order valence-electron chi connectivity index (χ0n) is 13.5. The summed E-state index contributed by atoms with van der Waals surface area (Å²) in [6, 6.07) is 5.08. The summed E-state index contributed by atoms with van der Waals surface area (Å²) in [5.41, 5.74) is -0.569. The Morgan fingerprint density at radius 1 is 1.52 bits per heavy atom. The fraction of sp³-hybridized carbons (Fsp3) is 0.312. The molecule has 128 valence electrons. The third kappa shape index (κ3) is 2.83. The number of rotatable bonds is 2. The van der Waals surface area contributed by atoms with Gasteiger partial charge in [0.05, 0.1) is 11.0 Å². The summed E-state index contributed by atoms with van der Waals surface area (Å²) in [4.78, 5) is 18.3. The number of nitriles is 1. The summed E-state index contributed by atoms with van der Waals surface area (Å²) >= 11 is 0. The number of aromatic nitrogens is 2. The molecule has 0 amide bonds. The number of ether oxygens (including phenoxy) is 1. The van der Waals surface area contributed by atoms with Crippen LogP contribution in [0.25, 0.3) is 0 Å². The molecule has 0 aliphatic carbocycles. The van der Waals surface area contributed by atoms with Gasteiger partial charge in [0.1, 0.15) is 17.5 Å². The molecular weight excluding hydrogens is 326 g/mol. The third-order valence-electron chi connectivity index (χ3n) is 4.11. The Labute approximate surface area is 142 Å². The molecule has 9 nitrogen and oxygen atoms in total. The van der Waals surface area contributed by atoms with Crippen molar-refractivity contribution in [1.29, 1.82) is 5.26 Å². The molecule has 2 aromatic rings. The summed E-state index contributed by atoms with van der Waals surface area (Å²) in [5.74, 6) is 0.421. The van der Waals surface area contributed by atoms with E-state index in [2.05, 4.69) is 9.98 Å². The van der Waals surface area contributed by atoms with Gasteiger partial charge in [-0.05, 0) is 26.0 Å². The number of fused-ring (bicyclic) bond motifs is 1. The second kappa shape index (κ2) is 5.99. The second-order valence-corrected chi connectivity index (χ2v) is 6.11. The highest BCUT2D eigenvalue weighted by Gasteiger charge is 2.44. The second-order valence-electron chi connectivity index (χ2n) is 6.11. The first kappa shape index (κ1) is 16.6. The first-order valence-corrected chi connectivity index (χ1v) is 7.46. The van der Waals surface area contributed by atoms with Gasteiger partial charge in [0.15, 0.2) is 0 Å². The Balaban J connectivity index is 2.29. The van der Waals surface area contributed by atoms with E-state index in [1.807, 2.05) is 0 Å². The Hall–Kier alpha value is -3.25. The highest BCUT2D eigenvalue weighted by atomic mass is 16.6. The highest BCUT2D eigenvalue weighted by Crippen LogP contribution is 2.42. The van der Waals surface area contributed by atoms with E-state index in [4.69, 9.17) is 10.00 Å². The van der Waals surface area contributed by atoms with E-state index in [1.165, 1.54) is 29.0 Å². The van der Waals surface area contributed by atoms with Crippen LogP contribution in [0.5, 0.6) is 5.75 Å². The number of nitrogens with zero attached hydrogens (tertiary/aromatic N) is 5. The molecule has 0 saturated heterocycles. The molecule has 9 heteroatoms. The summed E-state index contributed by atoms with van der Waals surface area (Å²) in [6.07, 6.45) is 3.70. The number of benzene rings is 1. The van der Waals surface area contributed by atoms with Crippen molar-refractivity contribution < 1.29 is 14.8 Å². The van der Waals surface area contributed by atoms with Crippen molar-refractivity contribution in [3.05, 3.63) is 58.0 Å².